The highest BCUT2D eigenvalue weighted by atomic mass is 16.5. The summed E-state index contributed by atoms with van der Waals surface area (Å²) < 4.78 is 10.8. The maximum Gasteiger partial charge on any atom is 0.253 e. The van der Waals surface area contributed by atoms with Gasteiger partial charge in [0.05, 0.1) is 19.8 Å². The van der Waals surface area contributed by atoms with Gasteiger partial charge < -0.3 is 14.8 Å². The smallest absolute Gasteiger partial charge is 0.253 e. The van der Waals surface area contributed by atoms with Crippen LogP contribution in [0.3, 0.4) is 0 Å². The number of carbonyl (C=O) groups excluding carboxylic acids is 1. The van der Waals surface area contributed by atoms with Crippen molar-refractivity contribution < 1.29 is 14.3 Å². The van der Waals surface area contributed by atoms with Gasteiger partial charge in [-0.1, -0.05) is 24.3 Å². The van der Waals surface area contributed by atoms with Gasteiger partial charge in [0, 0.05) is 44.0 Å². The van der Waals surface area contributed by atoms with E-state index in [1.165, 1.54) is 11.1 Å². The minimum atomic E-state index is -0.0851. The molecular weight excluding hydrogens is 366 g/mol. The van der Waals surface area contributed by atoms with Crippen molar-refractivity contribution in [2.45, 2.75) is 13.0 Å². The Bertz CT molecular complexity index is 1030. The van der Waals surface area contributed by atoms with Gasteiger partial charge in [0.1, 0.15) is 0 Å². The van der Waals surface area contributed by atoms with Gasteiger partial charge in [-0.3, -0.25) is 14.7 Å². The predicted molar refractivity (Wildman–Crippen MR) is 113 cm³/mol. The maximum absolute atomic E-state index is 12.7. The first-order valence-corrected chi connectivity index (χ1v) is 9.76. The first kappa shape index (κ1) is 19.2. The lowest BCUT2D eigenvalue weighted by atomic mass is 9.99. The van der Waals surface area contributed by atoms with Crippen molar-refractivity contribution in [2.24, 2.45) is 0 Å². The van der Waals surface area contributed by atoms with Gasteiger partial charge in [-0.25, -0.2) is 0 Å². The summed E-state index contributed by atoms with van der Waals surface area (Å²) in [5.74, 6) is 1.44. The molecule has 1 aromatic heterocycles. The second kappa shape index (κ2) is 8.49. The van der Waals surface area contributed by atoms with Gasteiger partial charge in [-0.05, 0) is 35.1 Å². The molecule has 6 nitrogen and oxygen atoms in total. The number of rotatable bonds is 6. The number of fused-ring (bicyclic) bond motifs is 2. The topological polar surface area (TPSA) is 63.7 Å². The summed E-state index contributed by atoms with van der Waals surface area (Å²) in [5.41, 5.74) is 3.16. The summed E-state index contributed by atoms with van der Waals surface area (Å²) >= 11 is 0. The van der Waals surface area contributed by atoms with Crippen LogP contribution in [0.1, 0.15) is 21.5 Å². The molecule has 4 rings (SSSR count). The van der Waals surface area contributed by atoms with E-state index in [1.54, 1.807) is 26.6 Å². The van der Waals surface area contributed by atoms with Crippen molar-refractivity contribution in [2.75, 3.05) is 33.9 Å². The van der Waals surface area contributed by atoms with Crippen LogP contribution in [-0.2, 0) is 13.0 Å². The lowest BCUT2D eigenvalue weighted by molar-refractivity contribution is 0.0948. The Morgan fingerprint density at radius 3 is 2.66 bits per heavy atom. The summed E-state index contributed by atoms with van der Waals surface area (Å²) in [7, 11) is 3.32. The number of pyridine rings is 1. The molecular formula is C23H25N3O3. The van der Waals surface area contributed by atoms with Gasteiger partial charge in [0.25, 0.3) is 5.91 Å². The number of hydrogen-bond donors (Lipinski definition) is 1. The highest BCUT2D eigenvalue weighted by Crippen LogP contribution is 2.33. The predicted octanol–water partition coefficient (Wildman–Crippen LogP) is 3.04. The molecule has 1 amide bonds. The zero-order valence-electron chi connectivity index (χ0n) is 16.8. The maximum atomic E-state index is 12.7. The molecule has 0 unspecified atom stereocenters. The van der Waals surface area contributed by atoms with Crippen LogP contribution < -0.4 is 14.8 Å². The number of aromatic nitrogens is 1. The van der Waals surface area contributed by atoms with Crippen molar-refractivity contribution in [3.05, 3.63) is 65.5 Å². The van der Waals surface area contributed by atoms with Crippen molar-refractivity contribution in [1.29, 1.82) is 0 Å². The Labute approximate surface area is 170 Å². The fourth-order valence-electron chi connectivity index (χ4n) is 3.85. The van der Waals surface area contributed by atoms with Crippen molar-refractivity contribution in [3.8, 4) is 11.5 Å². The molecule has 0 bridgehead atoms. The Morgan fingerprint density at radius 2 is 1.86 bits per heavy atom. The quantitative estimate of drug-likeness (QED) is 0.700. The van der Waals surface area contributed by atoms with E-state index in [4.69, 9.17) is 9.47 Å². The standard InChI is InChI=1S/C23H25N3O3/c1-28-21-11-16-7-9-26(15-18(16)12-22(21)29-2)10-8-25-23(27)20-14-24-13-17-5-3-4-6-19(17)20/h3-6,11-14H,7-10,15H2,1-2H3,(H,25,27). The average molecular weight is 391 g/mol. The SMILES string of the molecule is COc1cc2c(cc1OC)CN(CCNC(=O)c1cncc3ccccc13)CC2. The number of nitrogens with one attached hydrogen (secondary N) is 1. The van der Waals surface area contributed by atoms with E-state index in [-0.39, 0.29) is 5.91 Å². The molecule has 0 radical (unpaired) electrons. The summed E-state index contributed by atoms with van der Waals surface area (Å²) in [6, 6.07) is 11.9. The second-order valence-electron chi connectivity index (χ2n) is 7.17. The first-order valence-electron chi connectivity index (χ1n) is 9.76. The van der Waals surface area contributed by atoms with Crippen LogP contribution in [0.4, 0.5) is 0 Å². The van der Waals surface area contributed by atoms with Crippen LogP contribution in [0.5, 0.6) is 11.5 Å². The van der Waals surface area contributed by atoms with Gasteiger partial charge in [-0.2, -0.15) is 0 Å². The van der Waals surface area contributed by atoms with E-state index < -0.39 is 0 Å². The van der Waals surface area contributed by atoms with Crippen LogP contribution in [-0.4, -0.2) is 49.6 Å². The fourth-order valence-corrected chi connectivity index (χ4v) is 3.85. The van der Waals surface area contributed by atoms with E-state index in [0.29, 0.717) is 12.1 Å². The fraction of sp³-hybridized carbons (Fsp3) is 0.304. The monoisotopic (exact) mass is 391 g/mol. The molecule has 0 atom stereocenters. The van der Waals surface area contributed by atoms with E-state index in [0.717, 1.165) is 48.3 Å². The molecule has 0 spiro atoms. The summed E-state index contributed by atoms with van der Waals surface area (Å²) in [6.07, 6.45) is 4.37. The molecule has 2 heterocycles. The Kier molecular flexibility index (Phi) is 5.62. The summed E-state index contributed by atoms with van der Waals surface area (Å²) in [5, 5.41) is 4.93. The Balaban J connectivity index is 1.37. The van der Waals surface area contributed by atoms with E-state index >= 15 is 0 Å². The number of methoxy groups -OCH3 is 2. The zero-order valence-corrected chi connectivity index (χ0v) is 16.8. The molecule has 2 aromatic carbocycles. The molecule has 29 heavy (non-hydrogen) atoms. The van der Waals surface area contributed by atoms with Crippen molar-refractivity contribution in [1.82, 2.24) is 15.2 Å². The van der Waals surface area contributed by atoms with Crippen LogP contribution in [0.25, 0.3) is 10.8 Å². The van der Waals surface area contributed by atoms with E-state index in [2.05, 4.69) is 27.3 Å². The molecule has 1 aliphatic rings. The third-order valence-corrected chi connectivity index (χ3v) is 5.42. The molecule has 1 aliphatic heterocycles. The number of carbonyl (C=O) groups is 1. The van der Waals surface area contributed by atoms with Crippen molar-refractivity contribution >= 4 is 16.7 Å². The molecule has 3 aromatic rings. The molecule has 0 fully saturated rings. The molecule has 0 saturated carbocycles. The van der Waals surface area contributed by atoms with Crippen LogP contribution >= 0.6 is 0 Å². The number of ether oxygens (including phenoxy) is 2. The second-order valence-corrected chi connectivity index (χ2v) is 7.17. The Hall–Kier alpha value is -3.12. The van der Waals surface area contributed by atoms with Crippen molar-refractivity contribution in [3.63, 3.8) is 0 Å². The first-order chi connectivity index (χ1) is 14.2. The number of hydrogen-bond acceptors (Lipinski definition) is 5. The molecule has 6 heteroatoms. The third-order valence-electron chi connectivity index (χ3n) is 5.42. The third kappa shape index (κ3) is 4.03. The lowest BCUT2D eigenvalue weighted by Gasteiger charge is -2.29. The largest absolute Gasteiger partial charge is 0.493 e. The normalized spacial score (nSPS) is 13.7. The highest BCUT2D eigenvalue weighted by Gasteiger charge is 2.19. The van der Waals surface area contributed by atoms with Gasteiger partial charge in [-0.15, -0.1) is 0 Å². The highest BCUT2D eigenvalue weighted by molar-refractivity contribution is 6.06. The molecule has 0 aliphatic carbocycles. The van der Waals surface area contributed by atoms with Gasteiger partial charge >= 0.3 is 0 Å². The van der Waals surface area contributed by atoms with Gasteiger partial charge in [0.15, 0.2) is 11.5 Å². The van der Waals surface area contributed by atoms with Crippen LogP contribution in [0, 0.1) is 0 Å². The molecule has 1 N–H and O–H groups in total. The van der Waals surface area contributed by atoms with E-state index in [9.17, 15) is 4.79 Å². The Morgan fingerprint density at radius 1 is 1.10 bits per heavy atom. The van der Waals surface area contributed by atoms with Gasteiger partial charge in [0.2, 0.25) is 0 Å². The van der Waals surface area contributed by atoms with Crippen LogP contribution in [0.15, 0.2) is 48.8 Å². The minimum Gasteiger partial charge on any atom is -0.493 e. The number of nitrogens with zero attached hydrogens (tertiary/aromatic N) is 2. The summed E-state index contributed by atoms with van der Waals surface area (Å²) in [4.78, 5) is 19.2. The zero-order chi connectivity index (χ0) is 20.2. The minimum absolute atomic E-state index is 0.0851. The number of amides is 1. The summed E-state index contributed by atoms with van der Waals surface area (Å²) in [6.45, 7) is 3.16. The van der Waals surface area contributed by atoms with Crippen LogP contribution in [0.2, 0.25) is 0 Å². The molecule has 0 saturated heterocycles. The average Bonchev–Trinajstić information content (AvgIpc) is 2.77. The molecule has 150 valence electrons. The lowest BCUT2D eigenvalue weighted by Crippen LogP contribution is -2.37. The number of benzene rings is 2. The van der Waals surface area contributed by atoms with E-state index in [1.807, 2.05) is 24.3 Å².